The lowest BCUT2D eigenvalue weighted by molar-refractivity contribution is -0.128. The van der Waals surface area contributed by atoms with Crippen LogP contribution in [0.4, 0.5) is 0 Å². The predicted molar refractivity (Wildman–Crippen MR) is 137 cm³/mol. The number of aliphatic hydroxyl groups excluding tert-OH is 1. The maximum absolute atomic E-state index is 13.4. The SMILES string of the molecule is CNC(=O)[C@]1(C/C=C/c2ccccc2)N=C(c2ccc(OCCCO)cc2)O[C@@H]1c1ccccc1. The van der Waals surface area contributed by atoms with Crippen LogP contribution >= 0.6 is 0 Å². The number of carbonyl (C=O) groups is 1. The van der Waals surface area contributed by atoms with Crippen molar-refractivity contribution >= 4 is 17.9 Å². The summed E-state index contributed by atoms with van der Waals surface area (Å²) in [6.45, 7) is 0.529. The second-order valence-corrected chi connectivity index (χ2v) is 8.30. The molecule has 1 amide bonds. The fourth-order valence-corrected chi connectivity index (χ4v) is 4.10. The number of ether oxygens (including phenoxy) is 2. The van der Waals surface area contributed by atoms with Crippen molar-refractivity contribution in [1.82, 2.24) is 5.32 Å². The van der Waals surface area contributed by atoms with E-state index in [1.807, 2.05) is 97.1 Å². The molecule has 0 aliphatic carbocycles. The number of likely N-dealkylation sites (N-methyl/N-ethyl adjacent to an activating group) is 1. The number of aliphatic imine (C=N–C) groups is 1. The smallest absolute Gasteiger partial charge is 0.252 e. The minimum absolute atomic E-state index is 0.0872. The highest BCUT2D eigenvalue weighted by molar-refractivity contribution is 6.01. The van der Waals surface area contributed by atoms with Gasteiger partial charge < -0.3 is 19.9 Å². The second-order valence-electron chi connectivity index (χ2n) is 8.30. The number of benzene rings is 3. The molecule has 0 fully saturated rings. The third-order valence-corrected chi connectivity index (χ3v) is 5.90. The highest BCUT2D eigenvalue weighted by Crippen LogP contribution is 2.42. The molecule has 6 nitrogen and oxygen atoms in total. The van der Waals surface area contributed by atoms with Crippen molar-refractivity contribution in [2.75, 3.05) is 20.3 Å². The summed E-state index contributed by atoms with van der Waals surface area (Å²) in [7, 11) is 1.62. The van der Waals surface area contributed by atoms with Crippen LogP contribution in [0.25, 0.3) is 6.08 Å². The molecular weight excluding hydrogens is 440 g/mol. The predicted octanol–water partition coefficient (Wildman–Crippen LogP) is 4.55. The molecule has 0 unspecified atom stereocenters. The van der Waals surface area contributed by atoms with Gasteiger partial charge >= 0.3 is 0 Å². The molecule has 4 rings (SSSR count). The minimum atomic E-state index is -1.16. The Kier molecular flexibility index (Phi) is 7.95. The van der Waals surface area contributed by atoms with Crippen molar-refractivity contribution in [1.29, 1.82) is 0 Å². The summed E-state index contributed by atoms with van der Waals surface area (Å²) in [6, 6.07) is 27.1. The van der Waals surface area contributed by atoms with Crippen LogP contribution in [0.3, 0.4) is 0 Å². The Labute approximate surface area is 205 Å². The lowest BCUT2D eigenvalue weighted by Crippen LogP contribution is -2.46. The number of hydrogen-bond donors (Lipinski definition) is 2. The summed E-state index contributed by atoms with van der Waals surface area (Å²) in [5, 5.41) is 11.7. The van der Waals surface area contributed by atoms with Gasteiger partial charge in [0, 0.05) is 32.1 Å². The van der Waals surface area contributed by atoms with Crippen LogP contribution in [0, 0.1) is 0 Å². The fraction of sp³-hybridized carbons (Fsp3) is 0.241. The zero-order valence-corrected chi connectivity index (χ0v) is 19.8. The molecule has 1 heterocycles. The first kappa shape index (κ1) is 24.2. The van der Waals surface area contributed by atoms with Gasteiger partial charge in [0.15, 0.2) is 11.6 Å². The zero-order valence-electron chi connectivity index (χ0n) is 19.8. The number of rotatable bonds is 10. The van der Waals surface area contributed by atoms with E-state index in [9.17, 15) is 4.79 Å². The molecule has 2 atom stereocenters. The third-order valence-electron chi connectivity index (χ3n) is 5.90. The van der Waals surface area contributed by atoms with E-state index in [0.717, 1.165) is 16.7 Å². The van der Waals surface area contributed by atoms with Gasteiger partial charge in [-0.2, -0.15) is 0 Å². The second kappa shape index (κ2) is 11.5. The van der Waals surface area contributed by atoms with Gasteiger partial charge in [-0.15, -0.1) is 0 Å². The standard InChI is InChI=1S/C29H30N2O4/c1-30-28(33)29(19-8-12-22-10-4-2-5-11-22)26(23-13-6-3-7-14-23)35-27(31-29)24-15-17-25(18-16-24)34-21-9-20-32/h2-8,10-18,26,32H,9,19-21H2,1H3,(H,30,33)/b12-8+/t26-,29-/m1/s1. The Morgan fingerprint density at radius 1 is 1.06 bits per heavy atom. The molecule has 1 aliphatic heterocycles. The average molecular weight is 471 g/mol. The molecule has 1 aliphatic rings. The largest absolute Gasteiger partial charge is 0.494 e. The van der Waals surface area contributed by atoms with E-state index >= 15 is 0 Å². The molecule has 0 bridgehead atoms. The molecule has 0 aromatic heterocycles. The Hall–Kier alpha value is -3.90. The molecule has 2 N–H and O–H groups in total. The first-order valence-corrected chi connectivity index (χ1v) is 11.8. The van der Waals surface area contributed by atoms with Crippen molar-refractivity contribution in [2.24, 2.45) is 4.99 Å². The first-order valence-electron chi connectivity index (χ1n) is 11.8. The molecule has 6 heteroatoms. The van der Waals surface area contributed by atoms with Gasteiger partial charge in [-0.1, -0.05) is 72.8 Å². The van der Waals surface area contributed by atoms with Gasteiger partial charge in [-0.05, 0) is 35.4 Å². The lowest BCUT2D eigenvalue weighted by Gasteiger charge is -2.29. The Morgan fingerprint density at radius 2 is 1.74 bits per heavy atom. The fourth-order valence-electron chi connectivity index (χ4n) is 4.10. The number of nitrogens with one attached hydrogen (secondary N) is 1. The molecule has 35 heavy (non-hydrogen) atoms. The van der Waals surface area contributed by atoms with Gasteiger partial charge in [0.25, 0.3) is 5.91 Å². The van der Waals surface area contributed by atoms with Crippen LogP contribution in [-0.2, 0) is 9.53 Å². The minimum Gasteiger partial charge on any atom is -0.494 e. The zero-order chi connectivity index (χ0) is 24.5. The number of nitrogens with zero attached hydrogens (tertiary/aromatic N) is 1. The summed E-state index contributed by atoms with van der Waals surface area (Å²) >= 11 is 0. The van der Waals surface area contributed by atoms with Crippen molar-refractivity contribution in [3.63, 3.8) is 0 Å². The quantitative estimate of drug-likeness (QED) is 0.426. The van der Waals surface area contributed by atoms with E-state index in [1.54, 1.807) is 7.05 Å². The van der Waals surface area contributed by atoms with E-state index in [-0.39, 0.29) is 12.5 Å². The van der Waals surface area contributed by atoms with Gasteiger partial charge in [0.2, 0.25) is 5.90 Å². The van der Waals surface area contributed by atoms with E-state index in [2.05, 4.69) is 5.32 Å². The maximum Gasteiger partial charge on any atom is 0.252 e. The molecule has 3 aromatic carbocycles. The molecular formula is C29H30N2O4. The topological polar surface area (TPSA) is 80.2 Å². The van der Waals surface area contributed by atoms with Gasteiger partial charge in [0.1, 0.15) is 5.75 Å². The van der Waals surface area contributed by atoms with Crippen molar-refractivity contribution in [2.45, 2.75) is 24.5 Å². The van der Waals surface area contributed by atoms with E-state index < -0.39 is 11.6 Å². The Bertz CT molecular complexity index is 1160. The molecule has 0 radical (unpaired) electrons. The van der Waals surface area contributed by atoms with E-state index in [1.165, 1.54) is 0 Å². The highest BCUT2D eigenvalue weighted by Gasteiger charge is 2.52. The van der Waals surface area contributed by atoms with Gasteiger partial charge in [-0.3, -0.25) is 4.79 Å². The van der Waals surface area contributed by atoms with Crippen molar-refractivity contribution < 1.29 is 19.4 Å². The van der Waals surface area contributed by atoms with Crippen LogP contribution in [0.15, 0.2) is 96.0 Å². The molecule has 0 saturated heterocycles. The Balaban J connectivity index is 1.68. The van der Waals surface area contributed by atoms with Crippen LogP contribution < -0.4 is 10.1 Å². The molecule has 3 aromatic rings. The highest BCUT2D eigenvalue weighted by atomic mass is 16.5. The van der Waals surface area contributed by atoms with Crippen LogP contribution in [0.1, 0.15) is 35.6 Å². The summed E-state index contributed by atoms with van der Waals surface area (Å²) in [5.74, 6) is 0.907. The first-order chi connectivity index (χ1) is 17.2. The number of aliphatic hydroxyl groups is 1. The average Bonchev–Trinajstić information content (AvgIpc) is 3.30. The number of amides is 1. The monoisotopic (exact) mass is 470 g/mol. The number of hydrogen-bond acceptors (Lipinski definition) is 5. The maximum atomic E-state index is 13.4. The summed E-state index contributed by atoms with van der Waals surface area (Å²) in [5.41, 5.74) is 1.54. The summed E-state index contributed by atoms with van der Waals surface area (Å²) < 4.78 is 12.0. The molecule has 0 spiro atoms. The van der Waals surface area contributed by atoms with Gasteiger partial charge in [-0.25, -0.2) is 4.99 Å². The Morgan fingerprint density at radius 3 is 2.40 bits per heavy atom. The van der Waals surface area contributed by atoms with Crippen molar-refractivity contribution in [3.8, 4) is 5.75 Å². The van der Waals surface area contributed by atoms with Crippen LogP contribution in [0.5, 0.6) is 5.75 Å². The summed E-state index contributed by atoms with van der Waals surface area (Å²) in [6.07, 6.45) is 4.33. The summed E-state index contributed by atoms with van der Waals surface area (Å²) in [4.78, 5) is 18.3. The third kappa shape index (κ3) is 5.61. The number of carbonyl (C=O) groups excluding carboxylic acids is 1. The van der Waals surface area contributed by atoms with E-state index in [4.69, 9.17) is 19.6 Å². The van der Waals surface area contributed by atoms with Crippen LogP contribution in [0.2, 0.25) is 0 Å². The lowest BCUT2D eigenvalue weighted by atomic mass is 9.84. The normalized spacial score (nSPS) is 19.3. The van der Waals surface area contributed by atoms with Crippen molar-refractivity contribution in [3.05, 3.63) is 108 Å². The van der Waals surface area contributed by atoms with Gasteiger partial charge in [0.05, 0.1) is 6.61 Å². The van der Waals surface area contributed by atoms with Crippen LogP contribution in [-0.4, -0.2) is 42.7 Å². The molecule has 0 saturated carbocycles. The molecule has 180 valence electrons. The van der Waals surface area contributed by atoms with E-state index in [0.29, 0.717) is 31.1 Å².